The van der Waals surface area contributed by atoms with E-state index in [1.807, 2.05) is 0 Å². The van der Waals surface area contributed by atoms with Crippen molar-refractivity contribution in [2.24, 2.45) is 16.7 Å². The van der Waals surface area contributed by atoms with E-state index >= 15 is 0 Å². The van der Waals surface area contributed by atoms with Crippen LogP contribution in [0, 0.1) is 16.7 Å². The van der Waals surface area contributed by atoms with Gasteiger partial charge >= 0.3 is 0 Å². The first-order valence-corrected chi connectivity index (χ1v) is 6.15. The van der Waals surface area contributed by atoms with Crippen LogP contribution in [0.25, 0.3) is 0 Å². The van der Waals surface area contributed by atoms with Crippen LogP contribution in [-0.4, -0.2) is 6.29 Å². The molecule has 0 saturated heterocycles. The van der Waals surface area contributed by atoms with E-state index in [1.54, 1.807) is 0 Å². The molecule has 0 heterocycles. The van der Waals surface area contributed by atoms with E-state index in [4.69, 9.17) is 0 Å². The second-order valence-electron chi connectivity index (χ2n) is 6.28. The lowest BCUT2D eigenvalue weighted by molar-refractivity contribution is -0.105. The molecule has 0 radical (unpaired) electrons. The Morgan fingerprint density at radius 1 is 1.33 bits per heavy atom. The van der Waals surface area contributed by atoms with Crippen LogP contribution in [0.4, 0.5) is 0 Å². The van der Waals surface area contributed by atoms with E-state index in [0.29, 0.717) is 5.41 Å². The van der Waals surface area contributed by atoms with Gasteiger partial charge in [-0.3, -0.25) is 4.79 Å². The Balaban J connectivity index is 2.33. The Morgan fingerprint density at radius 3 is 2.73 bits per heavy atom. The molecule has 1 saturated carbocycles. The third-order valence-electron chi connectivity index (χ3n) is 4.66. The molecule has 0 aliphatic heterocycles. The predicted molar refractivity (Wildman–Crippen MR) is 62.6 cm³/mol. The van der Waals surface area contributed by atoms with Gasteiger partial charge in [-0.1, -0.05) is 33.3 Å². The van der Waals surface area contributed by atoms with Crippen LogP contribution in [0.1, 0.15) is 52.9 Å². The van der Waals surface area contributed by atoms with Crippen molar-refractivity contribution < 1.29 is 4.79 Å². The lowest BCUT2D eigenvalue weighted by Gasteiger charge is -2.52. The molecule has 15 heavy (non-hydrogen) atoms. The Hall–Kier alpha value is -0.590. The molecule has 0 bridgehead atoms. The first-order chi connectivity index (χ1) is 6.98. The highest BCUT2D eigenvalue weighted by Gasteiger charge is 2.46. The summed E-state index contributed by atoms with van der Waals surface area (Å²) in [7, 11) is 0. The summed E-state index contributed by atoms with van der Waals surface area (Å²) in [6.45, 7) is 7.14. The van der Waals surface area contributed by atoms with E-state index in [0.717, 1.165) is 24.2 Å². The van der Waals surface area contributed by atoms with E-state index < -0.39 is 0 Å². The molecule has 1 heteroatoms. The van der Waals surface area contributed by atoms with Crippen LogP contribution < -0.4 is 0 Å². The van der Waals surface area contributed by atoms with E-state index in [2.05, 4.69) is 26.8 Å². The van der Waals surface area contributed by atoms with Crippen LogP contribution >= 0.6 is 0 Å². The zero-order valence-electron chi connectivity index (χ0n) is 10.2. The molecule has 2 atom stereocenters. The molecule has 0 N–H and O–H groups in total. The number of fused-ring (bicyclic) bond motifs is 1. The standard InChI is InChI=1S/C14H22O/c1-13(2)7-4-8-14(3)9-11(10-15)5-6-12(13)14/h9-10,12H,4-8H2,1-3H3/t12-,14+/m0/s1. The predicted octanol–water partition coefficient (Wildman–Crippen LogP) is 3.74. The molecule has 2 rings (SSSR count). The van der Waals surface area contributed by atoms with Crippen molar-refractivity contribution in [3.8, 4) is 0 Å². The van der Waals surface area contributed by atoms with Gasteiger partial charge in [0, 0.05) is 0 Å². The molecule has 0 spiro atoms. The van der Waals surface area contributed by atoms with Crippen molar-refractivity contribution in [3.63, 3.8) is 0 Å². The maximum atomic E-state index is 10.9. The Morgan fingerprint density at radius 2 is 2.07 bits per heavy atom. The summed E-state index contributed by atoms with van der Waals surface area (Å²) in [6.07, 6.45) is 9.44. The second kappa shape index (κ2) is 3.47. The smallest absolute Gasteiger partial charge is 0.145 e. The van der Waals surface area contributed by atoms with Gasteiger partial charge in [0.1, 0.15) is 6.29 Å². The minimum atomic E-state index is 0.288. The lowest BCUT2D eigenvalue weighted by Crippen LogP contribution is -2.43. The number of carbonyl (C=O) groups is 1. The maximum Gasteiger partial charge on any atom is 0.145 e. The van der Waals surface area contributed by atoms with Crippen molar-refractivity contribution in [1.29, 1.82) is 0 Å². The fourth-order valence-corrected chi connectivity index (χ4v) is 3.96. The molecule has 0 aromatic rings. The van der Waals surface area contributed by atoms with Gasteiger partial charge in [-0.15, -0.1) is 0 Å². The quantitative estimate of drug-likeness (QED) is 0.597. The normalized spacial score (nSPS) is 39.1. The highest BCUT2D eigenvalue weighted by Crippen LogP contribution is 2.56. The fourth-order valence-electron chi connectivity index (χ4n) is 3.96. The fraction of sp³-hybridized carbons (Fsp3) is 0.786. The summed E-state index contributed by atoms with van der Waals surface area (Å²) in [4.78, 5) is 10.9. The number of allylic oxidation sites excluding steroid dienone is 2. The van der Waals surface area contributed by atoms with Crippen LogP contribution in [0.3, 0.4) is 0 Å². The molecule has 1 fully saturated rings. The van der Waals surface area contributed by atoms with Crippen molar-refractivity contribution >= 4 is 6.29 Å². The molecule has 1 nitrogen and oxygen atoms in total. The molecule has 2 aliphatic carbocycles. The maximum absolute atomic E-state index is 10.9. The highest BCUT2D eigenvalue weighted by molar-refractivity contribution is 5.73. The van der Waals surface area contributed by atoms with Gasteiger partial charge in [-0.25, -0.2) is 0 Å². The largest absolute Gasteiger partial charge is 0.298 e. The summed E-state index contributed by atoms with van der Waals surface area (Å²) in [6, 6.07) is 0. The first-order valence-electron chi connectivity index (χ1n) is 6.15. The highest BCUT2D eigenvalue weighted by atomic mass is 16.1. The number of rotatable bonds is 1. The van der Waals surface area contributed by atoms with Crippen LogP contribution in [-0.2, 0) is 4.79 Å². The van der Waals surface area contributed by atoms with E-state index in [1.165, 1.54) is 25.7 Å². The molecule has 0 aromatic carbocycles. The SMILES string of the molecule is CC1(C)CCC[C@]2(C)C=C(C=O)CC[C@@H]12. The van der Waals surface area contributed by atoms with Crippen molar-refractivity contribution in [2.75, 3.05) is 0 Å². The minimum Gasteiger partial charge on any atom is -0.298 e. The molecular formula is C14H22O. The monoisotopic (exact) mass is 206 g/mol. The Bertz CT molecular complexity index is 300. The summed E-state index contributed by atoms with van der Waals surface area (Å²) in [5.74, 6) is 0.766. The van der Waals surface area contributed by atoms with Crippen molar-refractivity contribution in [3.05, 3.63) is 11.6 Å². The summed E-state index contributed by atoms with van der Waals surface area (Å²) in [5, 5.41) is 0. The summed E-state index contributed by atoms with van der Waals surface area (Å²) >= 11 is 0. The number of hydrogen-bond donors (Lipinski definition) is 0. The van der Waals surface area contributed by atoms with Gasteiger partial charge in [-0.05, 0) is 48.0 Å². The third-order valence-corrected chi connectivity index (χ3v) is 4.66. The van der Waals surface area contributed by atoms with Gasteiger partial charge in [-0.2, -0.15) is 0 Å². The van der Waals surface area contributed by atoms with Crippen molar-refractivity contribution in [2.45, 2.75) is 52.9 Å². The minimum absolute atomic E-state index is 0.288. The van der Waals surface area contributed by atoms with Gasteiger partial charge < -0.3 is 0 Å². The average Bonchev–Trinajstić information content (AvgIpc) is 2.15. The first kappa shape index (κ1) is 10.9. The van der Waals surface area contributed by atoms with Crippen LogP contribution in [0.2, 0.25) is 0 Å². The summed E-state index contributed by atoms with van der Waals surface area (Å²) in [5.41, 5.74) is 1.78. The molecular weight excluding hydrogens is 184 g/mol. The van der Waals surface area contributed by atoms with Crippen molar-refractivity contribution in [1.82, 2.24) is 0 Å². The van der Waals surface area contributed by atoms with Gasteiger partial charge in [0.25, 0.3) is 0 Å². The number of carbonyl (C=O) groups excluding carboxylic acids is 1. The number of hydrogen-bond acceptors (Lipinski definition) is 1. The topological polar surface area (TPSA) is 17.1 Å². The molecule has 0 unspecified atom stereocenters. The van der Waals surface area contributed by atoms with Gasteiger partial charge in [0.15, 0.2) is 0 Å². The summed E-state index contributed by atoms with van der Waals surface area (Å²) < 4.78 is 0. The zero-order valence-corrected chi connectivity index (χ0v) is 10.2. The van der Waals surface area contributed by atoms with Gasteiger partial charge in [0.05, 0.1) is 0 Å². The molecule has 0 aromatic heterocycles. The third kappa shape index (κ3) is 1.77. The Kier molecular flexibility index (Phi) is 2.52. The number of aldehydes is 1. The zero-order chi connectivity index (χ0) is 11.1. The Labute approximate surface area is 92.9 Å². The lowest BCUT2D eigenvalue weighted by atomic mass is 9.53. The molecule has 0 amide bonds. The van der Waals surface area contributed by atoms with Gasteiger partial charge in [0.2, 0.25) is 0 Å². The molecule has 84 valence electrons. The second-order valence-corrected chi connectivity index (χ2v) is 6.28. The van der Waals surface area contributed by atoms with Crippen LogP contribution in [0.5, 0.6) is 0 Å². The van der Waals surface area contributed by atoms with E-state index in [9.17, 15) is 4.79 Å². The average molecular weight is 206 g/mol. The molecule has 2 aliphatic rings. The van der Waals surface area contributed by atoms with E-state index in [-0.39, 0.29) is 5.41 Å². The van der Waals surface area contributed by atoms with Crippen LogP contribution in [0.15, 0.2) is 11.6 Å².